The molecule has 0 atom stereocenters. The van der Waals surface area contributed by atoms with Gasteiger partial charge in [-0.3, -0.25) is 10.1 Å². The molecule has 0 aliphatic rings. The molecule has 3 aromatic rings. The van der Waals surface area contributed by atoms with Gasteiger partial charge in [0.25, 0.3) is 5.69 Å². The molecule has 0 saturated carbocycles. The molecule has 0 bridgehead atoms. The van der Waals surface area contributed by atoms with Crippen molar-refractivity contribution >= 4 is 27.5 Å². The molecule has 13 heteroatoms. The van der Waals surface area contributed by atoms with Gasteiger partial charge < -0.3 is 4.74 Å². The Morgan fingerprint density at radius 2 is 2.03 bits per heavy atom. The van der Waals surface area contributed by atoms with Gasteiger partial charge in [-0.2, -0.15) is 4.68 Å². The van der Waals surface area contributed by atoms with Crippen molar-refractivity contribution in [2.24, 2.45) is 0 Å². The average Bonchev–Trinajstić information content (AvgIpc) is 3.16. The second-order valence-electron chi connectivity index (χ2n) is 5.47. The number of nitro benzene ring substituents is 1. The van der Waals surface area contributed by atoms with Crippen LogP contribution in [0.5, 0.6) is 5.75 Å². The summed E-state index contributed by atoms with van der Waals surface area (Å²) in [5.41, 5.74) is 0.192. The highest BCUT2D eigenvalue weighted by molar-refractivity contribution is 7.99. The molecule has 1 heterocycles. The fourth-order valence-electron chi connectivity index (χ4n) is 2.41. The van der Waals surface area contributed by atoms with Gasteiger partial charge in [-0.25, -0.2) is 13.1 Å². The van der Waals surface area contributed by atoms with E-state index < -0.39 is 14.9 Å². The van der Waals surface area contributed by atoms with Gasteiger partial charge in [0, 0.05) is 6.07 Å². The minimum Gasteiger partial charge on any atom is -0.492 e. The maximum Gasteiger partial charge on any atom is 0.284 e. The highest BCUT2D eigenvalue weighted by atomic mass is 32.2. The number of nitrogens with one attached hydrogen (secondary N) is 1. The molecule has 0 fully saturated rings. The van der Waals surface area contributed by atoms with Gasteiger partial charge in [0.1, 0.15) is 11.4 Å². The smallest absolute Gasteiger partial charge is 0.284 e. The van der Waals surface area contributed by atoms with Crippen molar-refractivity contribution in [2.45, 2.75) is 21.9 Å². The lowest BCUT2D eigenvalue weighted by Gasteiger charge is -2.10. The van der Waals surface area contributed by atoms with Crippen LogP contribution in [0.3, 0.4) is 0 Å². The Morgan fingerprint density at radius 3 is 2.72 bits per heavy atom. The molecule has 1 N–H and O–H groups in total. The van der Waals surface area contributed by atoms with E-state index in [1.54, 1.807) is 24.3 Å². The lowest BCUT2D eigenvalue weighted by atomic mass is 10.3. The van der Waals surface area contributed by atoms with Crippen molar-refractivity contribution in [1.82, 2.24) is 24.9 Å². The second-order valence-corrected chi connectivity index (χ2v) is 8.37. The molecule has 0 spiro atoms. The van der Waals surface area contributed by atoms with Gasteiger partial charge in [-0.15, -0.1) is 5.10 Å². The monoisotopic (exact) mass is 436 g/mol. The molecule has 152 valence electrons. The van der Waals surface area contributed by atoms with Gasteiger partial charge in [-0.1, -0.05) is 12.1 Å². The van der Waals surface area contributed by atoms with E-state index in [9.17, 15) is 18.5 Å². The lowest BCUT2D eigenvalue weighted by Crippen LogP contribution is -2.18. The minimum atomic E-state index is -3.82. The molecule has 0 unspecified atom stereocenters. The third-order valence-corrected chi connectivity index (χ3v) is 6.16. The third kappa shape index (κ3) is 4.36. The van der Waals surface area contributed by atoms with Crippen molar-refractivity contribution in [3.05, 3.63) is 52.6 Å². The SMILES string of the molecule is CCOc1ccccc1-n1nnnc1Sc1ccc(S(=O)(=O)NC)cc1[N+](=O)[O-]. The van der Waals surface area contributed by atoms with Gasteiger partial charge in [-0.05, 0) is 60.4 Å². The molecular weight excluding hydrogens is 420 g/mol. The number of tetrazole rings is 1. The van der Waals surface area contributed by atoms with E-state index in [2.05, 4.69) is 20.2 Å². The van der Waals surface area contributed by atoms with Crippen molar-refractivity contribution < 1.29 is 18.1 Å². The first-order valence-electron chi connectivity index (χ1n) is 8.27. The van der Waals surface area contributed by atoms with Crippen LogP contribution in [-0.4, -0.2) is 47.2 Å². The standard InChI is InChI=1S/C16H16N6O5S2/c1-3-27-14-7-5-4-6-12(14)21-16(18-19-20-21)28-15-9-8-11(29(25,26)17-2)10-13(15)22(23)24/h4-10,17H,3H2,1-2H3. The summed E-state index contributed by atoms with van der Waals surface area (Å²) in [6, 6.07) is 10.7. The molecule has 0 radical (unpaired) electrons. The zero-order valence-corrected chi connectivity index (χ0v) is 17.0. The van der Waals surface area contributed by atoms with Crippen LogP contribution >= 0.6 is 11.8 Å². The first-order valence-corrected chi connectivity index (χ1v) is 10.6. The number of rotatable bonds is 8. The molecule has 29 heavy (non-hydrogen) atoms. The van der Waals surface area contributed by atoms with Crippen LogP contribution in [0.25, 0.3) is 5.69 Å². The lowest BCUT2D eigenvalue weighted by molar-refractivity contribution is -0.388. The summed E-state index contributed by atoms with van der Waals surface area (Å²) in [6.45, 7) is 2.28. The molecule has 11 nitrogen and oxygen atoms in total. The number of benzene rings is 2. The molecule has 0 amide bonds. The van der Waals surface area contributed by atoms with Crippen molar-refractivity contribution in [2.75, 3.05) is 13.7 Å². The van der Waals surface area contributed by atoms with Crippen LogP contribution in [0, 0.1) is 10.1 Å². The predicted octanol–water partition coefficient (Wildman–Crippen LogP) is 2.03. The number of nitrogens with zero attached hydrogens (tertiary/aromatic N) is 5. The average molecular weight is 436 g/mol. The maximum absolute atomic E-state index is 12.0. The van der Waals surface area contributed by atoms with E-state index in [4.69, 9.17) is 4.74 Å². The molecule has 0 aliphatic heterocycles. The van der Waals surface area contributed by atoms with Gasteiger partial charge in [0.2, 0.25) is 15.2 Å². The van der Waals surface area contributed by atoms with Gasteiger partial charge in [0.15, 0.2) is 0 Å². The zero-order valence-electron chi connectivity index (χ0n) is 15.3. The Balaban J connectivity index is 2.03. The summed E-state index contributed by atoms with van der Waals surface area (Å²) in [7, 11) is -2.59. The normalized spacial score (nSPS) is 11.4. The van der Waals surface area contributed by atoms with E-state index >= 15 is 0 Å². The third-order valence-electron chi connectivity index (χ3n) is 3.74. The highest BCUT2D eigenvalue weighted by Gasteiger charge is 2.23. The number of sulfonamides is 1. The minimum absolute atomic E-state index is 0.190. The van der Waals surface area contributed by atoms with E-state index in [1.165, 1.54) is 23.9 Å². The molecule has 1 aromatic heterocycles. The van der Waals surface area contributed by atoms with Gasteiger partial charge >= 0.3 is 0 Å². The topological polar surface area (TPSA) is 142 Å². The largest absolute Gasteiger partial charge is 0.492 e. The van der Waals surface area contributed by atoms with Crippen LogP contribution < -0.4 is 9.46 Å². The van der Waals surface area contributed by atoms with Crippen LogP contribution in [0.15, 0.2) is 57.4 Å². The van der Waals surface area contributed by atoms with Crippen LogP contribution in [0.1, 0.15) is 6.92 Å². The zero-order chi connectivity index (χ0) is 21.0. The molecular formula is C16H16N6O5S2. The summed E-state index contributed by atoms with van der Waals surface area (Å²) in [6.07, 6.45) is 0. The Morgan fingerprint density at radius 1 is 1.28 bits per heavy atom. The number of hydrogen-bond acceptors (Lipinski definition) is 9. The summed E-state index contributed by atoms with van der Waals surface area (Å²) < 4.78 is 33.0. The second kappa shape index (κ2) is 8.55. The number of para-hydroxylation sites is 2. The molecule has 3 rings (SSSR count). The quantitative estimate of drug-likeness (QED) is 0.414. The van der Waals surface area contributed by atoms with E-state index in [0.29, 0.717) is 18.0 Å². The Kier molecular flexibility index (Phi) is 6.10. The molecule has 0 aliphatic carbocycles. The first-order chi connectivity index (χ1) is 13.9. The summed E-state index contributed by atoms with van der Waals surface area (Å²) in [5.74, 6) is 0.550. The maximum atomic E-state index is 12.0. The van der Waals surface area contributed by atoms with Gasteiger partial charge in [0.05, 0.1) is 21.3 Å². The molecule has 0 saturated heterocycles. The van der Waals surface area contributed by atoms with Crippen molar-refractivity contribution in [3.8, 4) is 11.4 Å². The highest BCUT2D eigenvalue weighted by Crippen LogP contribution is 2.36. The van der Waals surface area contributed by atoms with Crippen LogP contribution in [0.2, 0.25) is 0 Å². The van der Waals surface area contributed by atoms with E-state index in [0.717, 1.165) is 17.8 Å². The number of aromatic nitrogens is 4. The van der Waals surface area contributed by atoms with Crippen molar-refractivity contribution in [1.29, 1.82) is 0 Å². The Bertz CT molecular complexity index is 1150. The Hall–Kier alpha value is -3.03. The number of hydrogen-bond donors (Lipinski definition) is 1. The summed E-state index contributed by atoms with van der Waals surface area (Å²) in [4.78, 5) is 10.8. The predicted molar refractivity (Wildman–Crippen MR) is 104 cm³/mol. The fraction of sp³-hybridized carbons (Fsp3) is 0.188. The summed E-state index contributed by atoms with van der Waals surface area (Å²) in [5, 5.41) is 23.3. The number of ether oxygens (including phenoxy) is 1. The van der Waals surface area contributed by atoms with E-state index in [1.807, 2.05) is 6.92 Å². The Labute approximate surface area is 170 Å². The fourth-order valence-corrected chi connectivity index (χ4v) is 4.03. The molecule has 2 aromatic carbocycles. The first kappa shape index (κ1) is 20.7. The number of nitro groups is 1. The van der Waals surface area contributed by atoms with Crippen LogP contribution in [0.4, 0.5) is 5.69 Å². The van der Waals surface area contributed by atoms with Crippen LogP contribution in [-0.2, 0) is 10.0 Å². The van der Waals surface area contributed by atoms with E-state index in [-0.39, 0.29) is 20.6 Å². The van der Waals surface area contributed by atoms with Crippen molar-refractivity contribution in [3.63, 3.8) is 0 Å². The summed E-state index contributed by atoms with van der Waals surface area (Å²) >= 11 is 0.939.